The number of rotatable bonds is 4. The molecule has 0 atom stereocenters. The maximum absolute atomic E-state index is 11.9. The molecule has 1 fully saturated rings. The third-order valence-corrected chi connectivity index (χ3v) is 3.61. The summed E-state index contributed by atoms with van der Waals surface area (Å²) >= 11 is 11.8. The number of hydrogen-bond acceptors (Lipinski definition) is 4. The summed E-state index contributed by atoms with van der Waals surface area (Å²) in [6.07, 6.45) is 0. The number of anilines is 1. The van der Waals surface area contributed by atoms with Crippen LogP contribution in [-0.2, 0) is 4.74 Å². The molecule has 0 saturated carbocycles. The first-order valence-electron chi connectivity index (χ1n) is 5.93. The van der Waals surface area contributed by atoms with Crippen molar-refractivity contribution in [2.45, 2.75) is 0 Å². The van der Waals surface area contributed by atoms with Gasteiger partial charge in [0.15, 0.2) is 0 Å². The van der Waals surface area contributed by atoms with Crippen molar-refractivity contribution in [2.75, 3.05) is 32.0 Å². The number of hydrogen-bond donors (Lipinski definition) is 2. The molecule has 108 valence electrons. The molecule has 8 heteroatoms. The van der Waals surface area contributed by atoms with Crippen molar-refractivity contribution in [3.05, 3.63) is 27.7 Å². The first-order chi connectivity index (χ1) is 9.49. The molecule has 1 aromatic carbocycles. The number of carbonyl (C=O) groups is 2. The highest BCUT2D eigenvalue weighted by atomic mass is 35.5. The maximum atomic E-state index is 11.9. The molecule has 0 unspecified atom stereocenters. The number of benzene rings is 1. The van der Waals surface area contributed by atoms with E-state index in [0.717, 1.165) is 0 Å². The lowest BCUT2D eigenvalue weighted by molar-refractivity contribution is 0.0482. The lowest BCUT2D eigenvalue weighted by Crippen LogP contribution is -2.31. The molecule has 0 aromatic heterocycles. The van der Waals surface area contributed by atoms with E-state index in [0.29, 0.717) is 25.3 Å². The van der Waals surface area contributed by atoms with Gasteiger partial charge in [-0.15, -0.1) is 0 Å². The van der Waals surface area contributed by atoms with E-state index in [2.05, 4.69) is 5.32 Å². The van der Waals surface area contributed by atoms with Crippen LogP contribution in [-0.4, -0.2) is 43.1 Å². The molecule has 1 heterocycles. The van der Waals surface area contributed by atoms with Crippen molar-refractivity contribution in [1.82, 2.24) is 10.2 Å². The van der Waals surface area contributed by atoms with Crippen molar-refractivity contribution in [3.8, 4) is 0 Å². The fourth-order valence-corrected chi connectivity index (χ4v) is 2.22. The van der Waals surface area contributed by atoms with Crippen LogP contribution in [0, 0.1) is 0 Å². The zero-order valence-electron chi connectivity index (χ0n) is 10.5. The summed E-state index contributed by atoms with van der Waals surface area (Å²) in [5.74, 6) is -0.621. The average molecular weight is 318 g/mol. The molecule has 1 aromatic rings. The summed E-state index contributed by atoms with van der Waals surface area (Å²) in [6.45, 7) is 1.60. The Labute approximate surface area is 125 Å². The van der Waals surface area contributed by atoms with Crippen molar-refractivity contribution < 1.29 is 14.3 Å². The fraction of sp³-hybridized carbons (Fsp3) is 0.333. The number of urea groups is 1. The molecule has 1 saturated heterocycles. The van der Waals surface area contributed by atoms with Crippen molar-refractivity contribution in [2.24, 2.45) is 0 Å². The SMILES string of the molecule is Nc1cc(Cl)c(Cl)c(C(=O)OCCN2CCNC2=O)c1. The van der Waals surface area contributed by atoms with E-state index in [-0.39, 0.29) is 28.2 Å². The largest absolute Gasteiger partial charge is 0.460 e. The van der Waals surface area contributed by atoms with Gasteiger partial charge in [-0.1, -0.05) is 23.2 Å². The molecule has 2 rings (SSSR count). The van der Waals surface area contributed by atoms with Crippen molar-refractivity contribution in [3.63, 3.8) is 0 Å². The Morgan fingerprint density at radius 3 is 2.85 bits per heavy atom. The molecule has 1 aliphatic rings. The number of carbonyl (C=O) groups excluding carboxylic acids is 2. The Bertz CT molecular complexity index is 551. The highest BCUT2D eigenvalue weighted by Crippen LogP contribution is 2.29. The average Bonchev–Trinajstić information content (AvgIpc) is 2.79. The number of nitrogen functional groups attached to an aromatic ring is 1. The number of nitrogens with zero attached hydrogens (tertiary/aromatic N) is 1. The highest BCUT2D eigenvalue weighted by Gasteiger charge is 2.20. The Hall–Kier alpha value is -1.66. The van der Waals surface area contributed by atoms with E-state index < -0.39 is 5.97 Å². The quantitative estimate of drug-likeness (QED) is 0.654. The molecule has 0 aliphatic carbocycles. The van der Waals surface area contributed by atoms with E-state index in [1.54, 1.807) is 4.90 Å². The van der Waals surface area contributed by atoms with E-state index in [1.165, 1.54) is 12.1 Å². The summed E-state index contributed by atoms with van der Waals surface area (Å²) in [6, 6.07) is 2.69. The molecule has 0 radical (unpaired) electrons. The summed E-state index contributed by atoms with van der Waals surface area (Å²) in [7, 11) is 0. The number of nitrogens with one attached hydrogen (secondary N) is 1. The predicted molar refractivity (Wildman–Crippen MR) is 76.1 cm³/mol. The molecule has 20 heavy (non-hydrogen) atoms. The maximum Gasteiger partial charge on any atom is 0.339 e. The number of halogens is 2. The zero-order valence-corrected chi connectivity index (χ0v) is 12.0. The number of nitrogens with two attached hydrogens (primary N) is 1. The lowest BCUT2D eigenvalue weighted by atomic mass is 10.2. The Morgan fingerprint density at radius 1 is 1.45 bits per heavy atom. The Morgan fingerprint density at radius 2 is 2.20 bits per heavy atom. The van der Waals surface area contributed by atoms with Gasteiger partial charge in [-0.25, -0.2) is 9.59 Å². The van der Waals surface area contributed by atoms with Crippen LogP contribution < -0.4 is 11.1 Å². The Balaban J connectivity index is 1.93. The van der Waals surface area contributed by atoms with Crippen LogP contribution in [0.4, 0.5) is 10.5 Å². The van der Waals surface area contributed by atoms with Gasteiger partial charge in [0.1, 0.15) is 6.61 Å². The molecular weight excluding hydrogens is 305 g/mol. The topological polar surface area (TPSA) is 84.7 Å². The lowest BCUT2D eigenvalue weighted by Gasteiger charge is -2.14. The first kappa shape index (κ1) is 14.7. The third-order valence-electron chi connectivity index (χ3n) is 2.81. The molecule has 1 aliphatic heterocycles. The molecule has 0 spiro atoms. The highest BCUT2D eigenvalue weighted by molar-refractivity contribution is 6.44. The zero-order chi connectivity index (χ0) is 14.7. The summed E-state index contributed by atoms with van der Waals surface area (Å²) in [5.41, 5.74) is 6.04. The van der Waals surface area contributed by atoms with Gasteiger partial charge in [-0.05, 0) is 12.1 Å². The van der Waals surface area contributed by atoms with E-state index in [1.807, 2.05) is 0 Å². The van der Waals surface area contributed by atoms with Crippen LogP contribution in [0.1, 0.15) is 10.4 Å². The van der Waals surface area contributed by atoms with Crippen LogP contribution in [0.5, 0.6) is 0 Å². The summed E-state index contributed by atoms with van der Waals surface area (Å²) < 4.78 is 5.07. The minimum Gasteiger partial charge on any atom is -0.460 e. The summed E-state index contributed by atoms with van der Waals surface area (Å²) in [4.78, 5) is 24.7. The second kappa shape index (κ2) is 6.19. The van der Waals surface area contributed by atoms with E-state index >= 15 is 0 Å². The third kappa shape index (κ3) is 3.26. The van der Waals surface area contributed by atoms with Gasteiger partial charge in [0.05, 0.1) is 22.2 Å². The van der Waals surface area contributed by atoms with Gasteiger partial charge in [-0.3, -0.25) is 0 Å². The molecule has 0 bridgehead atoms. The van der Waals surface area contributed by atoms with Gasteiger partial charge in [0, 0.05) is 18.8 Å². The minimum atomic E-state index is -0.621. The minimum absolute atomic E-state index is 0.0784. The second-order valence-corrected chi connectivity index (χ2v) is 5.00. The number of esters is 1. The molecule has 3 N–H and O–H groups in total. The van der Waals surface area contributed by atoms with Gasteiger partial charge in [0.2, 0.25) is 0 Å². The van der Waals surface area contributed by atoms with E-state index in [9.17, 15) is 9.59 Å². The predicted octanol–water partition coefficient (Wildman–Crippen LogP) is 1.76. The smallest absolute Gasteiger partial charge is 0.339 e. The van der Waals surface area contributed by atoms with E-state index in [4.69, 9.17) is 33.7 Å². The molecular formula is C12H13Cl2N3O3. The second-order valence-electron chi connectivity index (χ2n) is 4.22. The van der Waals surface area contributed by atoms with Gasteiger partial charge in [-0.2, -0.15) is 0 Å². The number of amides is 2. The summed E-state index contributed by atoms with van der Waals surface area (Å²) in [5, 5.41) is 2.95. The van der Waals surface area contributed by atoms with Gasteiger partial charge in [0.25, 0.3) is 0 Å². The normalized spacial score (nSPS) is 14.3. The molecule has 2 amide bonds. The molecule has 6 nitrogen and oxygen atoms in total. The van der Waals surface area contributed by atoms with Crippen LogP contribution in [0.15, 0.2) is 12.1 Å². The van der Waals surface area contributed by atoms with Crippen molar-refractivity contribution in [1.29, 1.82) is 0 Å². The van der Waals surface area contributed by atoms with Gasteiger partial charge >= 0.3 is 12.0 Å². The van der Waals surface area contributed by atoms with Gasteiger partial charge < -0.3 is 20.7 Å². The monoisotopic (exact) mass is 317 g/mol. The standard InChI is InChI=1S/C12H13Cl2N3O3/c13-9-6-7(15)5-8(10(9)14)11(18)20-4-3-17-2-1-16-12(17)19/h5-6H,1-4,15H2,(H,16,19). The number of ether oxygens (including phenoxy) is 1. The first-order valence-corrected chi connectivity index (χ1v) is 6.69. The van der Waals surface area contributed by atoms with Crippen LogP contribution in [0.25, 0.3) is 0 Å². The van der Waals surface area contributed by atoms with Crippen LogP contribution >= 0.6 is 23.2 Å². The van der Waals surface area contributed by atoms with Crippen LogP contribution in [0.3, 0.4) is 0 Å². The van der Waals surface area contributed by atoms with Crippen molar-refractivity contribution >= 4 is 40.9 Å². The van der Waals surface area contributed by atoms with Crippen LogP contribution in [0.2, 0.25) is 10.0 Å². The fourth-order valence-electron chi connectivity index (χ4n) is 1.81. The Kier molecular flexibility index (Phi) is 4.57.